The number of rotatable bonds is 11. The second-order valence-electron chi connectivity index (χ2n) is 6.44. The molecule has 8 N–H and O–H groups in total. The Morgan fingerprint density at radius 1 is 1.14 bits per heavy atom. The molecule has 162 valence electrons. The minimum absolute atomic E-state index is 0.0781. The number of aliphatic carboxylic acids is 1. The Bertz CT molecular complexity index is 711. The highest BCUT2D eigenvalue weighted by Crippen LogP contribution is 2.02. The molecule has 29 heavy (non-hydrogen) atoms. The number of nitrogens with zero attached hydrogens (tertiary/aromatic N) is 1. The maximum absolute atomic E-state index is 12.5. The van der Waals surface area contributed by atoms with Gasteiger partial charge in [-0.15, -0.1) is 0 Å². The van der Waals surface area contributed by atoms with Crippen LogP contribution in [0.1, 0.15) is 19.5 Å². The molecule has 1 rings (SSSR count). The number of carbonyl (C=O) groups excluding carboxylic acids is 3. The fourth-order valence-corrected chi connectivity index (χ4v) is 2.49. The van der Waals surface area contributed by atoms with Gasteiger partial charge in [-0.05, 0) is 13.8 Å². The Kier molecular flexibility index (Phi) is 9.58. The summed E-state index contributed by atoms with van der Waals surface area (Å²) in [7, 11) is 0. The van der Waals surface area contributed by atoms with E-state index in [0.717, 1.165) is 0 Å². The zero-order valence-electron chi connectivity index (χ0n) is 16.0. The van der Waals surface area contributed by atoms with Crippen LogP contribution in [-0.2, 0) is 25.6 Å². The van der Waals surface area contributed by atoms with Gasteiger partial charge in [-0.3, -0.25) is 14.4 Å². The van der Waals surface area contributed by atoms with E-state index in [1.54, 1.807) is 0 Å². The average molecular weight is 430 g/mol. The first-order chi connectivity index (χ1) is 13.6. The summed E-state index contributed by atoms with van der Waals surface area (Å²) in [5.41, 5.74) is 5.92. The van der Waals surface area contributed by atoms with Crippen LogP contribution in [0.4, 0.5) is 0 Å². The van der Waals surface area contributed by atoms with Crippen LogP contribution < -0.4 is 21.7 Å². The lowest BCUT2D eigenvalue weighted by Crippen LogP contribution is -2.60. The Labute approximate surface area is 172 Å². The van der Waals surface area contributed by atoms with E-state index in [1.807, 2.05) is 0 Å². The number of imidazole rings is 1. The summed E-state index contributed by atoms with van der Waals surface area (Å²) in [6.45, 7) is 2.69. The quantitative estimate of drug-likeness (QED) is 0.171. The molecule has 5 unspecified atom stereocenters. The number of aliphatic hydroxyl groups is 1. The molecule has 5 atom stereocenters. The monoisotopic (exact) mass is 430 g/mol. The van der Waals surface area contributed by atoms with Crippen molar-refractivity contribution in [1.82, 2.24) is 25.9 Å². The Morgan fingerprint density at radius 3 is 2.21 bits per heavy atom. The minimum atomic E-state index is -1.46. The molecule has 0 fully saturated rings. The van der Waals surface area contributed by atoms with E-state index in [1.165, 1.54) is 26.4 Å². The highest BCUT2D eigenvalue weighted by atomic mass is 32.1. The van der Waals surface area contributed by atoms with Crippen molar-refractivity contribution < 1.29 is 29.4 Å². The molecule has 0 aliphatic rings. The van der Waals surface area contributed by atoms with Crippen molar-refractivity contribution in [2.24, 2.45) is 5.73 Å². The van der Waals surface area contributed by atoms with Gasteiger partial charge < -0.3 is 36.9 Å². The number of aliphatic hydroxyl groups excluding tert-OH is 1. The Morgan fingerprint density at radius 2 is 1.76 bits per heavy atom. The summed E-state index contributed by atoms with van der Waals surface area (Å²) in [6, 6.07) is -4.74. The van der Waals surface area contributed by atoms with E-state index in [2.05, 4.69) is 38.5 Å². The third-order valence-corrected chi connectivity index (χ3v) is 4.25. The molecular weight excluding hydrogens is 404 g/mol. The molecule has 13 heteroatoms. The highest BCUT2D eigenvalue weighted by molar-refractivity contribution is 7.80. The van der Waals surface area contributed by atoms with Crippen molar-refractivity contribution in [2.75, 3.05) is 5.75 Å². The molecule has 0 aromatic carbocycles. The van der Waals surface area contributed by atoms with E-state index in [0.29, 0.717) is 5.69 Å². The first-order valence-electron chi connectivity index (χ1n) is 8.72. The van der Waals surface area contributed by atoms with Crippen LogP contribution in [-0.4, -0.2) is 79.9 Å². The first kappa shape index (κ1) is 24.4. The van der Waals surface area contributed by atoms with Gasteiger partial charge in [0.25, 0.3) is 0 Å². The summed E-state index contributed by atoms with van der Waals surface area (Å²) >= 11 is 3.99. The van der Waals surface area contributed by atoms with Gasteiger partial charge in [0.15, 0.2) is 0 Å². The number of aromatic nitrogens is 2. The summed E-state index contributed by atoms with van der Waals surface area (Å²) in [5.74, 6) is -3.67. The number of nitrogens with two attached hydrogens (primary N) is 1. The molecule has 0 spiro atoms. The van der Waals surface area contributed by atoms with E-state index in [-0.39, 0.29) is 12.2 Å². The molecule has 3 amide bonds. The minimum Gasteiger partial charge on any atom is -0.480 e. The van der Waals surface area contributed by atoms with Crippen molar-refractivity contribution in [1.29, 1.82) is 0 Å². The molecule has 1 aromatic rings. The molecule has 0 aliphatic heterocycles. The SMILES string of the molecule is CC(N)C(=O)NC(CS)C(=O)NC(C(=O)NC(Cc1cnc[nH]1)C(=O)O)C(C)O. The molecule has 1 heterocycles. The number of H-pyrrole nitrogens is 1. The molecule has 12 nitrogen and oxygen atoms in total. The van der Waals surface area contributed by atoms with Crippen molar-refractivity contribution in [3.05, 3.63) is 18.2 Å². The predicted molar refractivity (Wildman–Crippen MR) is 105 cm³/mol. The van der Waals surface area contributed by atoms with Gasteiger partial charge in [0, 0.05) is 24.1 Å². The van der Waals surface area contributed by atoms with E-state index in [4.69, 9.17) is 5.73 Å². The average Bonchev–Trinajstić information content (AvgIpc) is 3.15. The van der Waals surface area contributed by atoms with Crippen LogP contribution in [0.3, 0.4) is 0 Å². The molecule has 0 saturated heterocycles. The summed E-state index contributed by atoms with van der Waals surface area (Å²) in [4.78, 5) is 54.5. The van der Waals surface area contributed by atoms with Crippen LogP contribution in [0, 0.1) is 0 Å². The van der Waals surface area contributed by atoms with Crippen LogP contribution in [0.15, 0.2) is 12.5 Å². The van der Waals surface area contributed by atoms with Gasteiger partial charge in [-0.1, -0.05) is 0 Å². The molecule has 0 radical (unpaired) electrons. The van der Waals surface area contributed by atoms with Gasteiger partial charge >= 0.3 is 5.97 Å². The molecule has 0 aliphatic carbocycles. The number of nitrogens with one attached hydrogen (secondary N) is 4. The zero-order valence-corrected chi connectivity index (χ0v) is 16.8. The lowest BCUT2D eigenvalue weighted by Gasteiger charge is -2.25. The van der Waals surface area contributed by atoms with Crippen molar-refractivity contribution in [3.63, 3.8) is 0 Å². The van der Waals surface area contributed by atoms with E-state index >= 15 is 0 Å². The molecule has 0 bridgehead atoms. The summed E-state index contributed by atoms with van der Waals surface area (Å²) < 4.78 is 0. The second kappa shape index (κ2) is 11.4. The summed E-state index contributed by atoms with van der Waals surface area (Å²) in [5, 5.41) is 26.2. The number of carbonyl (C=O) groups is 4. The fourth-order valence-electron chi connectivity index (χ4n) is 2.23. The van der Waals surface area contributed by atoms with Crippen LogP contribution in [0.25, 0.3) is 0 Å². The van der Waals surface area contributed by atoms with E-state index in [9.17, 15) is 29.4 Å². The number of aromatic amines is 1. The van der Waals surface area contributed by atoms with Gasteiger partial charge in [-0.2, -0.15) is 12.6 Å². The normalized spacial score (nSPS) is 16.0. The standard InChI is InChI=1S/C16H26N6O6S/c1-7(17)13(24)21-11(5-29)14(25)22-12(8(2)23)15(26)20-10(16(27)28)3-9-4-18-6-19-9/h4,6-8,10-12,23,29H,3,5,17H2,1-2H3,(H,18,19)(H,20,26)(H,21,24)(H,22,25)(H,27,28). The van der Waals surface area contributed by atoms with Crippen molar-refractivity contribution in [2.45, 2.75) is 50.5 Å². The van der Waals surface area contributed by atoms with Gasteiger partial charge in [0.1, 0.15) is 18.1 Å². The zero-order chi connectivity index (χ0) is 22.1. The molecule has 1 aromatic heterocycles. The lowest BCUT2D eigenvalue weighted by atomic mass is 10.1. The maximum atomic E-state index is 12.5. The number of thiol groups is 1. The number of carboxylic acid groups (broad SMARTS) is 1. The topological polar surface area (TPSA) is 200 Å². The third-order valence-electron chi connectivity index (χ3n) is 3.89. The third kappa shape index (κ3) is 7.71. The predicted octanol–water partition coefficient (Wildman–Crippen LogP) is -2.85. The van der Waals surface area contributed by atoms with Crippen LogP contribution >= 0.6 is 12.6 Å². The number of hydrogen-bond donors (Lipinski definition) is 8. The number of carboxylic acids is 1. The van der Waals surface area contributed by atoms with Crippen LogP contribution in [0.2, 0.25) is 0 Å². The number of amides is 3. The smallest absolute Gasteiger partial charge is 0.326 e. The van der Waals surface area contributed by atoms with Gasteiger partial charge in [-0.25, -0.2) is 9.78 Å². The molecular formula is C16H26N6O6S. The van der Waals surface area contributed by atoms with E-state index < -0.39 is 54.0 Å². The van der Waals surface area contributed by atoms with Gasteiger partial charge in [0.2, 0.25) is 17.7 Å². The summed E-state index contributed by atoms with van der Waals surface area (Å²) in [6.07, 6.45) is 1.35. The fraction of sp³-hybridized carbons (Fsp3) is 0.562. The Hall–Kier alpha value is -2.64. The Balaban J connectivity index is 2.83. The maximum Gasteiger partial charge on any atom is 0.326 e. The van der Waals surface area contributed by atoms with Gasteiger partial charge in [0.05, 0.1) is 18.5 Å². The van der Waals surface area contributed by atoms with Crippen molar-refractivity contribution in [3.8, 4) is 0 Å². The number of hydrogen-bond acceptors (Lipinski definition) is 8. The molecule has 0 saturated carbocycles. The second-order valence-corrected chi connectivity index (χ2v) is 6.80. The first-order valence-corrected chi connectivity index (χ1v) is 9.35. The van der Waals surface area contributed by atoms with Crippen LogP contribution in [0.5, 0.6) is 0 Å². The lowest BCUT2D eigenvalue weighted by molar-refractivity contribution is -0.143. The largest absolute Gasteiger partial charge is 0.480 e. The highest BCUT2D eigenvalue weighted by Gasteiger charge is 2.32. The van der Waals surface area contributed by atoms with Crippen molar-refractivity contribution >= 4 is 36.3 Å².